The number of carbonyl (C=O) groups is 3. The molecule has 38 heavy (non-hydrogen) atoms. The summed E-state index contributed by atoms with van der Waals surface area (Å²) in [7, 11) is 1.31. The van der Waals surface area contributed by atoms with Crippen LogP contribution in [0.5, 0.6) is 0 Å². The van der Waals surface area contributed by atoms with Crippen molar-refractivity contribution in [1.82, 2.24) is 10.2 Å². The van der Waals surface area contributed by atoms with Crippen LogP contribution in [0.3, 0.4) is 0 Å². The van der Waals surface area contributed by atoms with E-state index in [1.54, 1.807) is 24.3 Å². The Labute approximate surface area is 222 Å². The van der Waals surface area contributed by atoms with Crippen LogP contribution in [-0.4, -0.2) is 48.3 Å². The van der Waals surface area contributed by atoms with Crippen molar-refractivity contribution < 1.29 is 19.1 Å². The predicted molar refractivity (Wildman–Crippen MR) is 145 cm³/mol. The summed E-state index contributed by atoms with van der Waals surface area (Å²) in [4.78, 5) is 40.4. The van der Waals surface area contributed by atoms with E-state index in [1.807, 2.05) is 60.7 Å². The van der Waals surface area contributed by atoms with Gasteiger partial charge in [0.1, 0.15) is 6.04 Å². The van der Waals surface area contributed by atoms with E-state index in [0.29, 0.717) is 18.5 Å². The maximum absolute atomic E-state index is 14.3. The van der Waals surface area contributed by atoms with Crippen LogP contribution in [-0.2, 0) is 20.9 Å². The van der Waals surface area contributed by atoms with Gasteiger partial charge in [-0.05, 0) is 41.7 Å². The first kappa shape index (κ1) is 27.9. The smallest absolute Gasteiger partial charge is 0.337 e. The Bertz CT molecular complexity index is 1190. The van der Waals surface area contributed by atoms with Gasteiger partial charge < -0.3 is 26.4 Å². The maximum atomic E-state index is 14.3. The maximum Gasteiger partial charge on any atom is 0.337 e. The quantitative estimate of drug-likeness (QED) is 0.126. The number of nitrogens with zero attached hydrogens (tertiary/aromatic N) is 1. The number of amides is 2. The SMILES string of the molecule is COC(=O)c1ccc(CN(C(=O)C(c2ccccc2)c2ccccc2)[C@H](CCCNC(=N)N)C(N)=O)cc1. The number of esters is 1. The normalized spacial score (nSPS) is 11.4. The van der Waals surface area contributed by atoms with E-state index in [-0.39, 0.29) is 24.8 Å². The molecule has 0 unspecified atom stereocenters. The number of carbonyl (C=O) groups excluding carboxylic acids is 3. The fourth-order valence-corrected chi connectivity index (χ4v) is 4.31. The van der Waals surface area contributed by atoms with Crippen molar-refractivity contribution in [2.45, 2.75) is 31.3 Å². The van der Waals surface area contributed by atoms with Crippen LogP contribution in [0.15, 0.2) is 84.9 Å². The van der Waals surface area contributed by atoms with Crippen molar-refractivity contribution in [1.29, 1.82) is 5.41 Å². The molecule has 0 aliphatic rings. The van der Waals surface area contributed by atoms with E-state index in [1.165, 1.54) is 12.0 Å². The Morgan fingerprint density at radius 3 is 1.92 bits per heavy atom. The molecule has 0 spiro atoms. The van der Waals surface area contributed by atoms with Crippen LogP contribution in [0.1, 0.15) is 45.8 Å². The minimum Gasteiger partial charge on any atom is -0.465 e. The van der Waals surface area contributed by atoms with Gasteiger partial charge in [-0.1, -0.05) is 72.8 Å². The zero-order valence-electron chi connectivity index (χ0n) is 21.3. The van der Waals surface area contributed by atoms with E-state index >= 15 is 0 Å². The average molecular weight is 516 g/mol. The van der Waals surface area contributed by atoms with E-state index < -0.39 is 23.8 Å². The third-order valence-corrected chi connectivity index (χ3v) is 6.20. The third-order valence-electron chi connectivity index (χ3n) is 6.20. The molecule has 198 valence electrons. The van der Waals surface area contributed by atoms with Crippen LogP contribution in [0.2, 0.25) is 0 Å². The molecule has 9 nitrogen and oxygen atoms in total. The number of nitrogens with one attached hydrogen (secondary N) is 2. The van der Waals surface area contributed by atoms with Crippen molar-refractivity contribution in [2.75, 3.05) is 13.7 Å². The molecular weight excluding hydrogens is 482 g/mol. The lowest BCUT2D eigenvalue weighted by molar-refractivity contribution is -0.141. The summed E-state index contributed by atoms with van der Waals surface area (Å²) in [5, 5.41) is 10.1. The summed E-state index contributed by atoms with van der Waals surface area (Å²) >= 11 is 0. The van der Waals surface area contributed by atoms with Crippen molar-refractivity contribution in [2.24, 2.45) is 11.5 Å². The third kappa shape index (κ3) is 7.42. The lowest BCUT2D eigenvalue weighted by atomic mass is 9.89. The molecule has 3 aromatic rings. The molecule has 0 aliphatic carbocycles. The molecule has 0 fully saturated rings. The molecule has 0 saturated carbocycles. The fourth-order valence-electron chi connectivity index (χ4n) is 4.31. The molecule has 3 aromatic carbocycles. The Balaban J connectivity index is 2.01. The summed E-state index contributed by atoms with van der Waals surface area (Å²) in [6.45, 7) is 0.458. The van der Waals surface area contributed by atoms with Gasteiger partial charge in [0, 0.05) is 13.1 Å². The standard InChI is InChI=1S/C29H33N5O4/c1-38-28(37)23-16-14-20(15-17-23)19-34(24(26(30)35)13-8-18-33-29(31)32)27(36)25(21-9-4-2-5-10-21)22-11-6-3-7-12-22/h2-7,9-12,14-17,24-25H,8,13,18-19H2,1H3,(H2,30,35)(H4,31,32,33)/t24-/m1/s1. The Kier molecular flexibility index (Phi) is 9.99. The highest BCUT2D eigenvalue weighted by Gasteiger charge is 2.34. The van der Waals surface area contributed by atoms with Gasteiger partial charge in [-0.15, -0.1) is 0 Å². The van der Waals surface area contributed by atoms with E-state index in [2.05, 4.69) is 5.32 Å². The molecule has 0 aromatic heterocycles. The minimum absolute atomic E-state index is 0.101. The zero-order chi connectivity index (χ0) is 27.5. The van der Waals surface area contributed by atoms with E-state index in [4.69, 9.17) is 21.6 Å². The Morgan fingerprint density at radius 2 is 1.45 bits per heavy atom. The Morgan fingerprint density at radius 1 is 0.895 bits per heavy atom. The number of hydrogen-bond acceptors (Lipinski definition) is 5. The number of ether oxygens (including phenoxy) is 1. The highest BCUT2D eigenvalue weighted by molar-refractivity contribution is 5.92. The average Bonchev–Trinajstić information content (AvgIpc) is 2.93. The summed E-state index contributed by atoms with van der Waals surface area (Å²) < 4.78 is 4.77. The lowest BCUT2D eigenvalue weighted by Crippen LogP contribution is -2.49. The van der Waals surface area contributed by atoms with Gasteiger partial charge in [0.05, 0.1) is 18.6 Å². The number of nitrogens with two attached hydrogens (primary N) is 2. The van der Waals surface area contributed by atoms with Crippen LogP contribution in [0, 0.1) is 5.41 Å². The minimum atomic E-state index is -0.911. The summed E-state index contributed by atoms with van der Waals surface area (Å²) in [5.74, 6) is -2.21. The molecular formula is C29H33N5O4. The molecule has 0 heterocycles. The Hall–Kier alpha value is -4.66. The van der Waals surface area contributed by atoms with Crippen LogP contribution >= 0.6 is 0 Å². The molecule has 0 saturated heterocycles. The van der Waals surface area contributed by atoms with Crippen molar-refractivity contribution in [3.8, 4) is 0 Å². The van der Waals surface area contributed by atoms with Gasteiger partial charge in [0.25, 0.3) is 0 Å². The monoisotopic (exact) mass is 515 g/mol. The highest BCUT2D eigenvalue weighted by atomic mass is 16.5. The van der Waals surface area contributed by atoms with Gasteiger partial charge in [0.2, 0.25) is 11.8 Å². The fraction of sp³-hybridized carbons (Fsp3) is 0.241. The van der Waals surface area contributed by atoms with Gasteiger partial charge in [-0.3, -0.25) is 15.0 Å². The first-order valence-corrected chi connectivity index (χ1v) is 12.3. The second-order valence-electron chi connectivity index (χ2n) is 8.81. The summed E-state index contributed by atoms with van der Waals surface area (Å²) in [6.07, 6.45) is 0.734. The second kappa shape index (κ2) is 13.6. The first-order chi connectivity index (χ1) is 18.3. The van der Waals surface area contributed by atoms with Gasteiger partial charge >= 0.3 is 5.97 Å². The summed E-state index contributed by atoms with van der Waals surface area (Å²) in [5.41, 5.74) is 13.9. The van der Waals surface area contributed by atoms with Crippen LogP contribution in [0.4, 0.5) is 0 Å². The molecule has 9 heteroatoms. The van der Waals surface area contributed by atoms with Crippen molar-refractivity contribution in [3.63, 3.8) is 0 Å². The molecule has 1 atom stereocenters. The van der Waals surface area contributed by atoms with E-state index in [9.17, 15) is 14.4 Å². The molecule has 0 radical (unpaired) electrons. The first-order valence-electron chi connectivity index (χ1n) is 12.3. The van der Waals surface area contributed by atoms with Crippen molar-refractivity contribution >= 4 is 23.7 Å². The second-order valence-corrected chi connectivity index (χ2v) is 8.81. The number of rotatable bonds is 12. The lowest BCUT2D eigenvalue weighted by Gasteiger charge is -2.33. The van der Waals surface area contributed by atoms with Gasteiger partial charge in [-0.25, -0.2) is 4.79 Å². The number of primary amides is 1. The topological polar surface area (TPSA) is 152 Å². The van der Waals surface area contributed by atoms with Crippen LogP contribution < -0.4 is 16.8 Å². The zero-order valence-corrected chi connectivity index (χ0v) is 21.3. The molecule has 6 N–H and O–H groups in total. The van der Waals surface area contributed by atoms with E-state index in [0.717, 1.165) is 16.7 Å². The molecule has 2 amide bonds. The van der Waals surface area contributed by atoms with Crippen LogP contribution in [0.25, 0.3) is 0 Å². The van der Waals surface area contributed by atoms with Crippen molar-refractivity contribution in [3.05, 3.63) is 107 Å². The van der Waals surface area contributed by atoms with Gasteiger partial charge in [-0.2, -0.15) is 0 Å². The van der Waals surface area contributed by atoms with Gasteiger partial charge in [0.15, 0.2) is 5.96 Å². The number of methoxy groups -OCH3 is 1. The largest absolute Gasteiger partial charge is 0.465 e. The molecule has 0 aliphatic heterocycles. The molecule has 0 bridgehead atoms. The summed E-state index contributed by atoms with van der Waals surface area (Å²) in [6, 6.07) is 24.5. The number of benzene rings is 3. The highest BCUT2D eigenvalue weighted by Crippen LogP contribution is 2.29. The predicted octanol–water partition coefficient (Wildman–Crippen LogP) is 2.75. The number of guanidine groups is 1. The number of hydrogen-bond donors (Lipinski definition) is 4. The molecule has 3 rings (SSSR count).